The van der Waals surface area contributed by atoms with Crippen molar-refractivity contribution in [1.82, 2.24) is 0 Å². The maximum atomic E-state index is 10.9. The van der Waals surface area contributed by atoms with Gasteiger partial charge in [-0.15, -0.1) is 0 Å². The summed E-state index contributed by atoms with van der Waals surface area (Å²) in [5, 5.41) is 18.5. The van der Waals surface area contributed by atoms with Gasteiger partial charge in [-0.2, -0.15) is 0 Å². The number of carbonyl (C=O) groups is 1. The molecule has 0 aliphatic carbocycles. The highest BCUT2D eigenvalue weighted by Gasteiger charge is 2.44. The van der Waals surface area contributed by atoms with Gasteiger partial charge in [0.2, 0.25) is 0 Å². The smallest absolute Gasteiger partial charge is 0.337 e. The second-order valence-corrected chi connectivity index (χ2v) is 2.77. The number of carbonyl (C=O) groups excluding carboxylic acids is 1. The van der Waals surface area contributed by atoms with Gasteiger partial charge in [0.1, 0.15) is 12.2 Å². The van der Waals surface area contributed by atoms with E-state index in [1.54, 1.807) is 6.92 Å². The van der Waals surface area contributed by atoms with Crippen LogP contribution in [0.25, 0.3) is 0 Å². The molecule has 0 unspecified atom stereocenters. The molecule has 1 fully saturated rings. The van der Waals surface area contributed by atoms with E-state index in [1.807, 2.05) is 0 Å². The fourth-order valence-electron chi connectivity index (χ4n) is 1.16. The summed E-state index contributed by atoms with van der Waals surface area (Å²) in [5.41, 5.74) is 0. The van der Waals surface area contributed by atoms with Crippen LogP contribution in [0.1, 0.15) is 6.92 Å². The van der Waals surface area contributed by atoms with Gasteiger partial charge in [0.15, 0.2) is 6.10 Å². The lowest BCUT2D eigenvalue weighted by Crippen LogP contribution is -2.36. The largest absolute Gasteiger partial charge is 0.467 e. The van der Waals surface area contributed by atoms with Crippen LogP contribution in [0.4, 0.5) is 0 Å². The van der Waals surface area contributed by atoms with Crippen LogP contribution in [-0.4, -0.2) is 47.7 Å². The van der Waals surface area contributed by atoms with Crippen LogP contribution >= 0.6 is 0 Å². The Morgan fingerprint density at radius 3 is 2.33 bits per heavy atom. The van der Waals surface area contributed by atoms with Gasteiger partial charge in [0.25, 0.3) is 0 Å². The van der Waals surface area contributed by atoms with Crippen molar-refractivity contribution >= 4 is 5.97 Å². The molecule has 0 aromatic heterocycles. The van der Waals surface area contributed by atoms with Gasteiger partial charge in [0, 0.05) is 0 Å². The van der Waals surface area contributed by atoms with Crippen molar-refractivity contribution in [2.75, 3.05) is 7.11 Å². The number of hydrogen-bond acceptors (Lipinski definition) is 5. The van der Waals surface area contributed by atoms with E-state index in [9.17, 15) is 15.0 Å². The molecule has 0 saturated carbocycles. The molecule has 5 nitrogen and oxygen atoms in total. The van der Waals surface area contributed by atoms with Crippen molar-refractivity contribution in [1.29, 1.82) is 0 Å². The molecule has 1 aliphatic heterocycles. The molecule has 0 spiro atoms. The Morgan fingerprint density at radius 1 is 1.42 bits per heavy atom. The van der Waals surface area contributed by atoms with Gasteiger partial charge in [-0.1, -0.05) is 0 Å². The normalized spacial score (nSPS) is 41.3. The lowest BCUT2D eigenvalue weighted by Gasteiger charge is -2.11. The molecular weight excluding hydrogens is 164 g/mol. The molecule has 1 aliphatic rings. The van der Waals surface area contributed by atoms with Crippen molar-refractivity contribution in [3.8, 4) is 0 Å². The van der Waals surface area contributed by atoms with Crippen LogP contribution in [0.5, 0.6) is 0 Å². The quantitative estimate of drug-likeness (QED) is 0.484. The summed E-state index contributed by atoms with van der Waals surface area (Å²) in [7, 11) is 1.20. The van der Waals surface area contributed by atoms with Crippen LogP contribution < -0.4 is 0 Å². The van der Waals surface area contributed by atoms with Crippen molar-refractivity contribution in [3.05, 3.63) is 0 Å². The Hall–Kier alpha value is -0.650. The first-order chi connectivity index (χ1) is 5.57. The Balaban J connectivity index is 2.64. The first-order valence-corrected chi connectivity index (χ1v) is 3.67. The second kappa shape index (κ2) is 3.38. The molecule has 0 bridgehead atoms. The van der Waals surface area contributed by atoms with Crippen LogP contribution in [0.15, 0.2) is 0 Å². The minimum absolute atomic E-state index is 0.538. The average Bonchev–Trinajstić information content (AvgIpc) is 2.32. The summed E-state index contributed by atoms with van der Waals surface area (Å²) in [4.78, 5) is 10.9. The van der Waals surface area contributed by atoms with E-state index in [2.05, 4.69) is 4.74 Å². The molecule has 4 atom stereocenters. The first kappa shape index (κ1) is 9.44. The van der Waals surface area contributed by atoms with E-state index in [1.165, 1.54) is 7.11 Å². The van der Waals surface area contributed by atoms with Crippen molar-refractivity contribution < 1.29 is 24.5 Å². The number of aliphatic hydroxyl groups is 2. The molecule has 70 valence electrons. The predicted octanol–water partition coefficient (Wildman–Crippen LogP) is -1.33. The first-order valence-electron chi connectivity index (χ1n) is 3.67. The summed E-state index contributed by atoms with van der Waals surface area (Å²) in [6.07, 6.45) is -3.80. The minimum Gasteiger partial charge on any atom is -0.467 e. The summed E-state index contributed by atoms with van der Waals surface area (Å²) in [6, 6.07) is 0. The van der Waals surface area contributed by atoms with Gasteiger partial charge in [-0.25, -0.2) is 4.79 Å². The van der Waals surface area contributed by atoms with Crippen LogP contribution in [0.2, 0.25) is 0 Å². The van der Waals surface area contributed by atoms with E-state index < -0.39 is 30.4 Å². The molecule has 0 aromatic rings. The molecule has 5 heteroatoms. The molecule has 2 N–H and O–H groups in total. The van der Waals surface area contributed by atoms with Crippen molar-refractivity contribution in [3.63, 3.8) is 0 Å². The monoisotopic (exact) mass is 176 g/mol. The Morgan fingerprint density at radius 2 is 2.00 bits per heavy atom. The predicted molar refractivity (Wildman–Crippen MR) is 38.4 cm³/mol. The molecule has 0 amide bonds. The van der Waals surface area contributed by atoms with Crippen molar-refractivity contribution in [2.24, 2.45) is 0 Å². The van der Waals surface area contributed by atoms with Gasteiger partial charge in [0.05, 0.1) is 13.2 Å². The van der Waals surface area contributed by atoms with Crippen LogP contribution in [0, 0.1) is 0 Å². The molecule has 0 radical (unpaired) electrons. The molecule has 12 heavy (non-hydrogen) atoms. The highest BCUT2D eigenvalue weighted by Crippen LogP contribution is 2.21. The molecule has 0 aromatic carbocycles. The van der Waals surface area contributed by atoms with Crippen molar-refractivity contribution in [2.45, 2.75) is 31.3 Å². The highest BCUT2D eigenvalue weighted by molar-refractivity contribution is 5.75. The zero-order chi connectivity index (χ0) is 9.30. The summed E-state index contributed by atoms with van der Waals surface area (Å²) < 4.78 is 9.33. The van der Waals surface area contributed by atoms with E-state index in [0.717, 1.165) is 0 Å². The van der Waals surface area contributed by atoms with Gasteiger partial charge < -0.3 is 19.7 Å². The molecular formula is C7H12O5. The van der Waals surface area contributed by atoms with E-state index in [-0.39, 0.29) is 0 Å². The van der Waals surface area contributed by atoms with E-state index >= 15 is 0 Å². The fourth-order valence-corrected chi connectivity index (χ4v) is 1.16. The SMILES string of the molecule is COC(=O)[C@@H]1O[C@H](C)[C@H](O)[C@@H]1O. The standard InChI is InChI=1S/C7H12O5/c1-3-4(8)5(9)6(12-3)7(10)11-2/h3-6,8-9H,1-2H3/t3-,4+,5+,6-/m1/s1. The van der Waals surface area contributed by atoms with Gasteiger partial charge >= 0.3 is 5.97 Å². The number of methoxy groups -OCH3 is 1. The van der Waals surface area contributed by atoms with Crippen LogP contribution in [-0.2, 0) is 14.3 Å². The second-order valence-electron chi connectivity index (χ2n) is 2.77. The summed E-state index contributed by atoms with van der Waals surface area (Å²) in [5.74, 6) is -0.661. The van der Waals surface area contributed by atoms with E-state index in [4.69, 9.17) is 4.74 Å². The number of hydrogen-bond donors (Lipinski definition) is 2. The van der Waals surface area contributed by atoms with Crippen LogP contribution in [0.3, 0.4) is 0 Å². The molecule has 1 rings (SSSR count). The Labute approximate surface area is 69.9 Å². The topological polar surface area (TPSA) is 76.0 Å². The third-order valence-electron chi connectivity index (χ3n) is 1.94. The fraction of sp³-hybridized carbons (Fsp3) is 0.857. The third kappa shape index (κ3) is 1.43. The zero-order valence-corrected chi connectivity index (χ0v) is 6.93. The minimum atomic E-state index is -1.19. The number of rotatable bonds is 1. The average molecular weight is 176 g/mol. The number of esters is 1. The molecule has 1 saturated heterocycles. The van der Waals surface area contributed by atoms with E-state index in [0.29, 0.717) is 0 Å². The number of ether oxygens (including phenoxy) is 2. The maximum Gasteiger partial charge on any atom is 0.337 e. The van der Waals surface area contributed by atoms with Gasteiger partial charge in [-0.05, 0) is 6.92 Å². The molecule has 1 heterocycles. The Bertz CT molecular complexity index is 181. The highest BCUT2D eigenvalue weighted by atomic mass is 16.6. The number of aliphatic hydroxyl groups excluding tert-OH is 2. The maximum absolute atomic E-state index is 10.9. The summed E-state index contributed by atoms with van der Waals surface area (Å²) >= 11 is 0. The zero-order valence-electron chi connectivity index (χ0n) is 6.93. The Kier molecular flexibility index (Phi) is 2.66. The third-order valence-corrected chi connectivity index (χ3v) is 1.94. The lowest BCUT2D eigenvalue weighted by molar-refractivity contribution is -0.156. The van der Waals surface area contributed by atoms with Gasteiger partial charge in [-0.3, -0.25) is 0 Å². The lowest BCUT2D eigenvalue weighted by atomic mass is 10.1. The summed E-state index contributed by atoms with van der Waals surface area (Å²) in [6.45, 7) is 1.58.